The molecule has 1 unspecified atom stereocenters. The van der Waals surface area contributed by atoms with Crippen molar-refractivity contribution in [3.63, 3.8) is 0 Å². The Hall–Kier alpha value is -2.78. The first-order chi connectivity index (χ1) is 14.9. The molecule has 31 heavy (non-hydrogen) atoms. The van der Waals surface area contributed by atoms with Gasteiger partial charge >= 0.3 is 0 Å². The smallest absolute Gasteiger partial charge is 0.254 e. The van der Waals surface area contributed by atoms with Gasteiger partial charge in [-0.15, -0.1) is 16.8 Å². The van der Waals surface area contributed by atoms with Crippen LogP contribution in [0, 0.1) is 5.82 Å². The van der Waals surface area contributed by atoms with Gasteiger partial charge in [0.05, 0.1) is 17.4 Å². The summed E-state index contributed by atoms with van der Waals surface area (Å²) in [5.41, 5.74) is 0.565. The third kappa shape index (κ3) is 5.68. The van der Waals surface area contributed by atoms with E-state index in [0.29, 0.717) is 23.1 Å². The third-order valence-corrected chi connectivity index (χ3v) is 5.90. The summed E-state index contributed by atoms with van der Waals surface area (Å²) in [7, 11) is 0. The highest BCUT2D eigenvalue weighted by Gasteiger charge is 2.21. The van der Waals surface area contributed by atoms with Crippen LogP contribution in [0.3, 0.4) is 0 Å². The summed E-state index contributed by atoms with van der Waals surface area (Å²) < 4.78 is 16.6. The number of rotatable bonds is 9. The molecule has 9 heteroatoms. The maximum absolute atomic E-state index is 13.9. The first-order valence-electron chi connectivity index (χ1n) is 9.41. The summed E-state index contributed by atoms with van der Waals surface area (Å²) in [4.78, 5) is 24.9. The van der Waals surface area contributed by atoms with E-state index in [1.807, 2.05) is 12.1 Å². The Morgan fingerprint density at radius 3 is 2.61 bits per heavy atom. The summed E-state index contributed by atoms with van der Waals surface area (Å²) >= 11 is 4.61. The van der Waals surface area contributed by atoms with Gasteiger partial charge in [-0.25, -0.2) is 4.39 Å². The molecule has 6 nitrogen and oxygen atoms in total. The lowest BCUT2D eigenvalue weighted by molar-refractivity contribution is 0.0932. The van der Waals surface area contributed by atoms with Crippen LogP contribution in [0.1, 0.15) is 39.5 Å². The number of carbonyl (C=O) groups is 2. The number of benzene rings is 2. The molecule has 0 aliphatic carbocycles. The minimum absolute atomic E-state index is 0.0342. The number of hydrogen-bond donors (Lipinski definition) is 1. The highest BCUT2D eigenvalue weighted by molar-refractivity contribution is 9.10. The summed E-state index contributed by atoms with van der Waals surface area (Å²) in [6.07, 6.45) is 1.68. The van der Waals surface area contributed by atoms with Crippen LogP contribution in [0.25, 0.3) is 0 Å². The molecule has 1 heterocycles. The van der Waals surface area contributed by atoms with E-state index in [0.717, 1.165) is 4.47 Å². The van der Waals surface area contributed by atoms with Crippen molar-refractivity contribution in [3.8, 4) is 0 Å². The van der Waals surface area contributed by atoms with Gasteiger partial charge in [-0.3, -0.25) is 9.59 Å². The Morgan fingerprint density at radius 1 is 1.23 bits per heavy atom. The quantitative estimate of drug-likeness (QED) is 0.257. The monoisotopic (exact) mass is 502 g/mol. The van der Waals surface area contributed by atoms with Crippen LogP contribution in [0.5, 0.6) is 0 Å². The molecule has 1 N–H and O–H groups in total. The normalized spacial score (nSPS) is 11.7. The molecule has 1 aromatic heterocycles. The predicted molar refractivity (Wildman–Crippen MR) is 122 cm³/mol. The molecule has 3 rings (SSSR count). The lowest BCUT2D eigenvalue weighted by Gasteiger charge is -2.15. The number of allylic oxidation sites excluding steroid dienone is 1. The highest BCUT2D eigenvalue weighted by Crippen LogP contribution is 2.23. The average molecular weight is 503 g/mol. The van der Waals surface area contributed by atoms with Crippen molar-refractivity contribution in [1.82, 2.24) is 20.1 Å². The Labute approximate surface area is 192 Å². The number of aromatic nitrogens is 3. The number of nitrogens with one attached hydrogen (secondary N) is 1. The van der Waals surface area contributed by atoms with Gasteiger partial charge in [0.2, 0.25) is 0 Å². The second-order valence-corrected chi connectivity index (χ2v) is 8.49. The van der Waals surface area contributed by atoms with Crippen LogP contribution in [0.15, 0.2) is 70.8 Å². The number of ketones is 1. The number of Topliss-reactive ketones (excluding diaryl/α,β-unsaturated/α-hetero) is 1. The van der Waals surface area contributed by atoms with Crippen LogP contribution >= 0.6 is 27.7 Å². The fourth-order valence-electron chi connectivity index (χ4n) is 2.86. The van der Waals surface area contributed by atoms with Gasteiger partial charge in [0.15, 0.2) is 16.8 Å². The summed E-state index contributed by atoms with van der Waals surface area (Å²) in [5.74, 6) is -0.496. The Kier molecular flexibility index (Phi) is 7.75. The number of carbonyl (C=O) groups excluding carboxylic acids is 2. The largest absolute Gasteiger partial charge is 0.342 e. The van der Waals surface area contributed by atoms with Gasteiger partial charge in [0.1, 0.15) is 5.82 Å². The molecule has 3 aromatic rings. The third-order valence-electron chi connectivity index (χ3n) is 4.41. The molecule has 1 amide bonds. The van der Waals surface area contributed by atoms with Gasteiger partial charge in [-0.05, 0) is 31.2 Å². The number of hydrogen-bond acceptors (Lipinski definition) is 5. The van der Waals surface area contributed by atoms with Crippen LogP contribution in [0.2, 0.25) is 0 Å². The van der Waals surface area contributed by atoms with Crippen LogP contribution < -0.4 is 5.32 Å². The first-order valence-corrected chi connectivity index (χ1v) is 11.2. The minimum atomic E-state index is -0.595. The zero-order valence-electron chi connectivity index (χ0n) is 16.7. The predicted octanol–water partition coefficient (Wildman–Crippen LogP) is 4.83. The van der Waals surface area contributed by atoms with E-state index in [2.05, 4.69) is 38.0 Å². The Morgan fingerprint density at radius 2 is 1.94 bits per heavy atom. The zero-order chi connectivity index (χ0) is 22.4. The van der Waals surface area contributed by atoms with Crippen LogP contribution in [-0.4, -0.2) is 32.2 Å². The summed E-state index contributed by atoms with van der Waals surface area (Å²) in [6, 6.07) is 12.4. The second kappa shape index (κ2) is 10.5. The molecular formula is C22H20BrFN4O2S. The van der Waals surface area contributed by atoms with Gasteiger partial charge in [0, 0.05) is 16.6 Å². The van der Waals surface area contributed by atoms with E-state index >= 15 is 0 Å². The summed E-state index contributed by atoms with van der Waals surface area (Å²) in [5, 5.41) is 11.6. The molecule has 0 radical (unpaired) electrons. The molecule has 1 atom stereocenters. The maximum Gasteiger partial charge on any atom is 0.254 e. The number of amides is 1. The zero-order valence-corrected chi connectivity index (χ0v) is 19.1. The van der Waals surface area contributed by atoms with Crippen molar-refractivity contribution < 1.29 is 14.0 Å². The van der Waals surface area contributed by atoms with Crippen molar-refractivity contribution in [2.45, 2.75) is 24.7 Å². The highest BCUT2D eigenvalue weighted by atomic mass is 79.9. The topological polar surface area (TPSA) is 76.9 Å². The number of thioether (sulfide) groups is 1. The van der Waals surface area contributed by atoms with E-state index in [-0.39, 0.29) is 17.1 Å². The fourth-order valence-corrected chi connectivity index (χ4v) is 3.97. The van der Waals surface area contributed by atoms with E-state index in [4.69, 9.17) is 0 Å². The summed E-state index contributed by atoms with van der Waals surface area (Å²) in [6.45, 7) is 5.89. The standard InChI is InChI=1S/C22H20BrFN4O2S/c1-3-12-28-20(14(2)25-21(30)17-6-4-5-7-18(17)24)26-27-22(28)31-13-19(29)15-8-10-16(23)11-9-15/h3-11,14H,1,12-13H2,2H3,(H,25,30). The molecule has 0 saturated carbocycles. The molecule has 0 aliphatic rings. The van der Waals surface area contributed by atoms with E-state index in [1.165, 1.54) is 30.0 Å². The first kappa shape index (κ1) is 22.9. The SMILES string of the molecule is C=CCn1c(SCC(=O)c2ccc(Br)cc2)nnc1C(C)NC(=O)c1ccccc1F. The molecule has 0 saturated heterocycles. The maximum atomic E-state index is 13.9. The van der Waals surface area contributed by atoms with Crippen molar-refractivity contribution in [1.29, 1.82) is 0 Å². The van der Waals surface area contributed by atoms with Crippen molar-refractivity contribution in [2.75, 3.05) is 5.75 Å². The molecular weight excluding hydrogens is 483 g/mol. The Balaban J connectivity index is 1.72. The van der Waals surface area contributed by atoms with Gasteiger partial charge in [0.25, 0.3) is 5.91 Å². The minimum Gasteiger partial charge on any atom is -0.342 e. The van der Waals surface area contributed by atoms with Crippen molar-refractivity contribution >= 4 is 39.4 Å². The second-order valence-electron chi connectivity index (χ2n) is 6.63. The molecule has 0 spiro atoms. The van der Waals surface area contributed by atoms with Crippen LogP contribution in [0.4, 0.5) is 4.39 Å². The molecule has 0 aliphatic heterocycles. The lowest BCUT2D eigenvalue weighted by atomic mass is 10.2. The number of nitrogens with zero attached hydrogens (tertiary/aromatic N) is 3. The fraction of sp³-hybridized carbons (Fsp3) is 0.182. The van der Waals surface area contributed by atoms with Crippen molar-refractivity contribution in [3.05, 3.63) is 88.4 Å². The van der Waals surface area contributed by atoms with E-state index < -0.39 is 17.8 Å². The molecule has 160 valence electrons. The number of halogens is 2. The van der Waals surface area contributed by atoms with Crippen molar-refractivity contribution in [2.24, 2.45) is 0 Å². The van der Waals surface area contributed by atoms with Gasteiger partial charge in [-0.2, -0.15) is 0 Å². The van der Waals surface area contributed by atoms with Crippen LogP contribution in [-0.2, 0) is 6.54 Å². The van der Waals surface area contributed by atoms with Gasteiger partial charge in [-0.1, -0.05) is 58.0 Å². The van der Waals surface area contributed by atoms with E-state index in [1.54, 1.807) is 35.8 Å². The molecule has 0 bridgehead atoms. The van der Waals surface area contributed by atoms with E-state index in [9.17, 15) is 14.0 Å². The molecule has 2 aromatic carbocycles. The Bertz CT molecular complexity index is 1100. The lowest BCUT2D eigenvalue weighted by Crippen LogP contribution is -2.29. The molecule has 0 fully saturated rings. The van der Waals surface area contributed by atoms with Gasteiger partial charge < -0.3 is 9.88 Å². The average Bonchev–Trinajstić information content (AvgIpc) is 3.15.